The summed E-state index contributed by atoms with van der Waals surface area (Å²) < 4.78 is 15.0. The Kier molecular flexibility index (Phi) is 4.80. The second-order valence-corrected chi connectivity index (χ2v) is 5.23. The van der Waals surface area contributed by atoms with Crippen LogP contribution in [0.3, 0.4) is 0 Å². The third kappa shape index (κ3) is 3.24. The standard InChI is InChI=1S/C17H17N3O5/c1-23-16(21)13-9-25-10-20(15(13)17(22)24-2)12-5-3-11(4-6-12)14-7-8-18-19-14/h3-8H,9-10H2,1-2H3,(H,18,19). The molecular weight excluding hydrogens is 326 g/mol. The minimum absolute atomic E-state index is 0.0141. The summed E-state index contributed by atoms with van der Waals surface area (Å²) in [6.07, 6.45) is 1.67. The maximum atomic E-state index is 12.2. The fraction of sp³-hybridized carbons (Fsp3) is 0.235. The summed E-state index contributed by atoms with van der Waals surface area (Å²) in [6, 6.07) is 9.26. The summed E-state index contributed by atoms with van der Waals surface area (Å²) in [4.78, 5) is 25.8. The lowest BCUT2D eigenvalue weighted by Gasteiger charge is -2.31. The molecule has 0 spiro atoms. The van der Waals surface area contributed by atoms with Crippen LogP contribution in [0.25, 0.3) is 11.3 Å². The van der Waals surface area contributed by atoms with E-state index in [1.165, 1.54) is 14.2 Å². The van der Waals surface area contributed by atoms with Crippen LogP contribution >= 0.6 is 0 Å². The molecular formula is C17H17N3O5. The number of H-pyrrole nitrogens is 1. The highest BCUT2D eigenvalue weighted by Gasteiger charge is 2.32. The van der Waals surface area contributed by atoms with Crippen molar-refractivity contribution in [2.75, 3.05) is 32.5 Å². The predicted octanol–water partition coefficient (Wildman–Crippen LogP) is 1.47. The molecule has 130 valence electrons. The summed E-state index contributed by atoms with van der Waals surface area (Å²) in [6.45, 7) is 0.105. The lowest BCUT2D eigenvalue weighted by Crippen LogP contribution is -2.38. The van der Waals surface area contributed by atoms with Gasteiger partial charge in [0.15, 0.2) is 0 Å². The van der Waals surface area contributed by atoms with Crippen molar-refractivity contribution >= 4 is 17.6 Å². The molecule has 0 aliphatic carbocycles. The van der Waals surface area contributed by atoms with Crippen molar-refractivity contribution in [1.29, 1.82) is 0 Å². The third-order valence-corrected chi connectivity index (χ3v) is 3.82. The molecule has 25 heavy (non-hydrogen) atoms. The summed E-state index contributed by atoms with van der Waals surface area (Å²) in [7, 11) is 2.52. The number of hydrogen-bond acceptors (Lipinski definition) is 7. The van der Waals surface area contributed by atoms with Gasteiger partial charge in [0, 0.05) is 11.9 Å². The number of benzene rings is 1. The molecule has 0 saturated heterocycles. The second kappa shape index (κ2) is 7.18. The zero-order valence-corrected chi connectivity index (χ0v) is 13.8. The monoisotopic (exact) mass is 343 g/mol. The normalized spacial score (nSPS) is 14.4. The van der Waals surface area contributed by atoms with Gasteiger partial charge >= 0.3 is 11.9 Å². The Labute approximate surface area is 144 Å². The minimum atomic E-state index is -0.626. The van der Waals surface area contributed by atoms with Gasteiger partial charge in [0.05, 0.1) is 32.1 Å². The van der Waals surface area contributed by atoms with Crippen LogP contribution in [-0.4, -0.2) is 49.7 Å². The van der Waals surface area contributed by atoms with Crippen LogP contribution < -0.4 is 4.90 Å². The van der Waals surface area contributed by atoms with Crippen LogP contribution in [0.5, 0.6) is 0 Å². The molecule has 0 fully saturated rings. The SMILES string of the molecule is COC(=O)C1=C(C(=O)OC)N(c2ccc(-c3ccn[nH]3)cc2)COC1. The van der Waals surface area contributed by atoms with Crippen molar-refractivity contribution in [3.8, 4) is 11.3 Å². The molecule has 0 unspecified atom stereocenters. The van der Waals surface area contributed by atoms with E-state index in [2.05, 4.69) is 10.2 Å². The molecule has 0 atom stereocenters. The highest BCUT2D eigenvalue weighted by atomic mass is 16.5. The van der Waals surface area contributed by atoms with E-state index in [9.17, 15) is 9.59 Å². The molecule has 0 saturated carbocycles. The molecule has 3 rings (SSSR count). The summed E-state index contributed by atoms with van der Waals surface area (Å²) in [5.74, 6) is -1.25. The van der Waals surface area contributed by atoms with Crippen molar-refractivity contribution in [3.63, 3.8) is 0 Å². The summed E-state index contributed by atoms with van der Waals surface area (Å²) in [5.41, 5.74) is 2.74. The third-order valence-electron chi connectivity index (χ3n) is 3.82. The Hall–Kier alpha value is -3.13. The number of methoxy groups -OCH3 is 2. The number of rotatable bonds is 4. The van der Waals surface area contributed by atoms with E-state index in [1.54, 1.807) is 11.1 Å². The van der Waals surface area contributed by atoms with E-state index in [4.69, 9.17) is 14.2 Å². The first-order valence-electron chi connectivity index (χ1n) is 7.50. The average molecular weight is 343 g/mol. The highest BCUT2D eigenvalue weighted by molar-refractivity contribution is 6.03. The smallest absolute Gasteiger partial charge is 0.355 e. The van der Waals surface area contributed by atoms with Crippen molar-refractivity contribution in [2.24, 2.45) is 0 Å². The Morgan fingerprint density at radius 2 is 1.84 bits per heavy atom. The number of aromatic nitrogens is 2. The number of aromatic amines is 1. The molecule has 8 nitrogen and oxygen atoms in total. The largest absolute Gasteiger partial charge is 0.466 e. The molecule has 1 aromatic heterocycles. The van der Waals surface area contributed by atoms with Gasteiger partial charge in [0.2, 0.25) is 0 Å². The zero-order chi connectivity index (χ0) is 17.8. The van der Waals surface area contributed by atoms with Gasteiger partial charge in [-0.25, -0.2) is 9.59 Å². The molecule has 1 aliphatic rings. The molecule has 0 radical (unpaired) electrons. The fourth-order valence-electron chi connectivity index (χ4n) is 2.58. The van der Waals surface area contributed by atoms with Crippen LogP contribution in [0.15, 0.2) is 47.8 Å². The van der Waals surface area contributed by atoms with Crippen LogP contribution in [0.4, 0.5) is 5.69 Å². The fourth-order valence-corrected chi connectivity index (χ4v) is 2.58. The molecule has 2 aromatic rings. The van der Waals surface area contributed by atoms with Crippen LogP contribution in [0.1, 0.15) is 0 Å². The first kappa shape index (κ1) is 16.7. The number of carbonyl (C=O) groups excluding carboxylic acids is 2. The molecule has 1 aliphatic heterocycles. The molecule has 0 bridgehead atoms. The minimum Gasteiger partial charge on any atom is -0.466 e. The van der Waals surface area contributed by atoms with Crippen molar-refractivity contribution in [3.05, 3.63) is 47.8 Å². The Morgan fingerprint density at radius 1 is 1.12 bits per heavy atom. The van der Waals surface area contributed by atoms with Crippen molar-refractivity contribution in [2.45, 2.75) is 0 Å². The molecule has 2 heterocycles. The maximum Gasteiger partial charge on any atom is 0.355 e. The zero-order valence-electron chi connectivity index (χ0n) is 13.8. The molecule has 1 N–H and O–H groups in total. The first-order chi connectivity index (χ1) is 12.2. The van der Waals surface area contributed by atoms with E-state index in [0.717, 1.165) is 11.3 Å². The number of carbonyl (C=O) groups is 2. The first-order valence-corrected chi connectivity index (χ1v) is 7.50. The van der Waals surface area contributed by atoms with Gasteiger partial charge in [-0.1, -0.05) is 12.1 Å². The highest BCUT2D eigenvalue weighted by Crippen LogP contribution is 2.28. The average Bonchev–Trinajstić information content (AvgIpc) is 3.21. The van der Waals surface area contributed by atoms with E-state index < -0.39 is 11.9 Å². The Bertz CT molecular complexity index is 796. The lowest BCUT2D eigenvalue weighted by molar-refractivity contribution is -0.140. The Morgan fingerprint density at radius 3 is 2.44 bits per heavy atom. The van der Waals surface area contributed by atoms with E-state index >= 15 is 0 Å². The van der Waals surface area contributed by atoms with Crippen LogP contribution in [0, 0.1) is 0 Å². The van der Waals surface area contributed by atoms with Gasteiger partial charge < -0.3 is 19.1 Å². The predicted molar refractivity (Wildman–Crippen MR) is 88.4 cm³/mol. The van der Waals surface area contributed by atoms with E-state index in [1.807, 2.05) is 30.3 Å². The molecule has 0 amide bonds. The van der Waals surface area contributed by atoms with Gasteiger partial charge in [0.1, 0.15) is 12.4 Å². The van der Waals surface area contributed by atoms with Gasteiger partial charge in [0.25, 0.3) is 0 Å². The summed E-state index contributed by atoms with van der Waals surface area (Å²) >= 11 is 0. The molecule has 1 aromatic carbocycles. The summed E-state index contributed by atoms with van der Waals surface area (Å²) in [5, 5.41) is 6.81. The lowest BCUT2D eigenvalue weighted by atomic mass is 10.1. The van der Waals surface area contributed by atoms with Crippen LogP contribution in [0.2, 0.25) is 0 Å². The van der Waals surface area contributed by atoms with Crippen molar-refractivity contribution in [1.82, 2.24) is 10.2 Å². The topological polar surface area (TPSA) is 93.8 Å². The quantitative estimate of drug-likeness (QED) is 0.840. The van der Waals surface area contributed by atoms with Crippen molar-refractivity contribution < 1.29 is 23.8 Å². The van der Waals surface area contributed by atoms with Gasteiger partial charge in [-0.15, -0.1) is 0 Å². The number of anilines is 1. The number of ether oxygens (including phenoxy) is 3. The number of hydrogen-bond donors (Lipinski definition) is 1. The number of nitrogens with zero attached hydrogens (tertiary/aromatic N) is 2. The number of nitrogens with one attached hydrogen (secondary N) is 1. The van der Waals surface area contributed by atoms with Crippen LogP contribution in [-0.2, 0) is 23.8 Å². The van der Waals surface area contributed by atoms with Gasteiger partial charge in [-0.05, 0) is 23.8 Å². The van der Waals surface area contributed by atoms with E-state index in [-0.39, 0.29) is 24.6 Å². The number of esters is 2. The van der Waals surface area contributed by atoms with Gasteiger partial charge in [-0.3, -0.25) is 5.10 Å². The second-order valence-electron chi connectivity index (χ2n) is 5.23. The molecule has 8 heteroatoms. The Balaban J connectivity index is 1.99. The van der Waals surface area contributed by atoms with E-state index in [0.29, 0.717) is 5.69 Å². The van der Waals surface area contributed by atoms with Gasteiger partial charge in [-0.2, -0.15) is 5.10 Å². The maximum absolute atomic E-state index is 12.2.